The van der Waals surface area contributed by atoms with E-state index in [4.69, 9.17) is 21.1 Å². The van der Waals surface area contributed by atoms with Crippen LogP contribution in [-0.4, -0.2) is 47.1 Å². The molecule has 1 unspecified atom stereocenters. The van der Waals surface area contributed by atoms with E-state index in [1.807, 2.05) is 36.4 Å². The third-order valence-electron chi connectivity index (χ3n) is 7.16. The van der Waals surface area contributed by atoms with Crippen LogP contribution in [0.2, 0.25) is 5.02 Å². The van der Waals surface area contributed by atoms with Crippen molar-refractivity contribution in [2.45, 2.75) is 38.0 Å². The van der Waals surface area contributed by atoms with Crippen LogP contribution in [0.3, 0.4) is 0 Å². The first-order chi connectivity index (χ1) is 20.4. The third-order valence-corrected chi connectivity index (χ3v) is 7.45. The molecule has 4 aromatic rings. The fraction of sp³-hybridized carbons (Fsp3) is 0.267. The quantitative estimate of drug-likeness (QED) is 0.195. The van der Waals surface area contributed by atoms with Crippen LogP contribution in [0.1, 0.15) is 24.8 Å². The summed E-state index contributed by atoms with van der Waals surface area (Å²) in [6.45, 7) is 1.54. The van der Waals surface area contributed by atoms with Gasteiger partial charge in [0, 0.05) is 42.2 Å². The summed E-state index contributed by atoms with van der Waals surface area (Å²) in [5.74, 6) is 0.0288. The van der Waals surface area contributed by atoms with E-state index in [2.05, 4.69) is 31.2 Å². The highest BCUT2D eigenvalue weighted by Gasteiger charge is 2.27. The maximum atomic E-state index is 13.7. The van der Waals surface area contributed by atoms with Crippen molar-refractivity contribution in [3.05, 3.63) is 77.3 Å². The molecule has 0 bridgehead atoms. The Hall–Kier alpha value is -4.48. The Morgan fingerprint density at radius 2 is 1.95 bits per heavy atom. The van der Waals surface area contributed by atoms with E-state index in [0.717, 1.165) is 17.7 Å². The Morgan fingerprint density at radius 3 is 2.76 bits per heavy atom. The Balaban J connectivity index is 1.29. The molecule has 0 spiro atoms. The van der Waals surface area contributed by atoms with Crippen LogP contribution in [0.4, 0.5) is 27.3 Å². The molecule has 42 heavy (non-hydrogen) atoms. The summed E-state index contributed by atoms with van der Waals surface area (Å²) in [5, 5.41) is 13.1. The summed E-state index contributed by atoms with van der Waals surface area (Å²) >= 11 is 5.99. The SMILES string of the molecule is O=C1CCC(Nc2ccccc2CNc2cc3c(Nc4ccc(F)c(Cl)c4)ncnc3cc2O[C@H]2CCOC2)C(=O)N1. The minimum absolute atomic E-state index is 0.000215. The van der Waals surface area contributed by atoms with Crippen LogP contribution < -0.4 is 26.0 Å². The van der Waals surface area contributed by atoms with Gasteiger partial charge in [-0.15, -0.1) is 0 Å². The Morgan fingerprint density at radius 1 is 1.07 bits per heavy atom. The van der Waals surface area contributed by atoms with Crippen LogP contribution >= 0.6 is 11.6 Å². The molecule has 2 amide bonds. The second-order valence-corrected chi connectivity index (χ2v) is 10.5. The zero-order chi connectivity index (χ0) is 29.1. The van der Waals surface area contributed by atoms with Gasteiger partial charge >= 0.3 is 0 Å². The third kappa shape index (κ3) is 6.22. The summed E-state index contributed by atoms with van der Waals surface area (Å²) < 4.78 is 25.6. The number of benzene rings is 3. The minimum Gasteiger partial charge on any atom is -0.486 e. The van der Waals surface area contributed by atoms with Gasteiger partial charge in [0.25, 0.3) is 0 Å². The first-order valence-corrected chi connectivity index (χ1v) is 14.0. The van der Waals surface area contributed by atoms with Gasteiger partial charge in [0.2, 0.25) is 11.8 Å². The largest absolute Gasteiger partial charge is 0.486 e. The van der Waals surface area contributed by atoms with Crippen LogP contribution in [-0.2, 0) is 20.9 Å². The second-order valence-electron chi connectivity index (χ2n) is 10.1. The van der Waals surface area contributed by atoms with Crippen molar-refractivity contribution in [1.82, 2.24) is 15.3 Å². The van der Waals surface area contributed by atoms with Gasteiger partial charge in [-0.1, -0.05) is 29.8 Å². The standard InChI is InChI=1S/C30H28ClFN6O4/c31-21-11-18(5-6-22(21)32)36-29-20-12-26(27(13-25(20)34-16-35-29)42-19-9-10-41-15-19)33-14-17-3-1-2-4-23(17)37-24-7-8-28(39)38-30(24)40/h1-6,11-13,16,19,24,33,37H,7-10,14-15H2,(H,34,35,36)(H,38,39,40)/t19-,24?/m0/s1. The predicted molar refractivity (Wildman–Crippen MR) is 158 cm³/mol. The predicted octanol–water partition coefficient (Wildman–Crippen LogP) is 5.16. The van der Waals surface area contributed by atoms with Gasteiger partial charge in [-0.2, -0.15) is 0 Å². The number of para-hydroxylation sites is 1. The maximum absolute atomic E-state index is 13.7. The maximum Gasteiger partial charge on any atom is 0.249 e. The summed E-state index contributed by atoms with van der Waals surface area (Å²) in [5.41, 5.74) is 3.64. The molecule has 2 atom stereocenters. The summed E-state index contributed by atoms with van der Waals surface area (Å²) in [4.78, 5) is 32.8. The van der Waals surface area contributed by atoms with E-state index >= 15 is 0 Å². The van der Waals surface area contributed by atoms with Gasteiger partial charge in [-0.3, -0.25) is 14.9 Å². The van der Waals surface area contributed by atoms with E-state index in [1.165, 1.54) is 18.5 Å². The lowest BCUT2D eigenvalue weighted by molar-refractivity contribution is -0.133. The molecule has 0 aliphatic carbocycles. The number of nitrogens with one attached hydrogen (secondary N) is 4. The second kappa shape index (κ2) is 12.2. The average molecular weight is 591 g/mol. The first kappa shape index (κ1) is 27.7. The molecule has 2 aliphatic heterocycles. The number of hydrogen-bond acceptors (Lipinski definition) is 9. The topological polar surface area (TPSA) is 127 Å². The molecule has 2 aliphatic rings. The smallest absolute Gasteiger partial charge is 0.249 e. The molecule has 10 nitrogen and oxygen atoms in total. The number of fused-ring (bicyclic) bond motifs is 1. The van der Waals surface area contributed by atoms with Crippen molar-refractivity contribution in [3.63, 3.8) is 0 Å². The van der Waals surface area contributed by atoms with Gasteiger partial charge in [-0.05, 0) is 42.3 Å². The zero-order valence-corrected chi connectivity index (χ0v) is 23.2. The number of carbonyl (C=O) groups is 2. The van der Waals surface area contributed by atoms with E-state index < -0.39 is 11.9 Å². The molecular formula is C30H28ClFN6O4. The van der Waals surface area contributed by atoms with E-state index in [1.54, 1.807) is 6.07 Å². The van der Waals surface area contributed by atoms with Gasteiger partial charge < -0.3 is 25.4 Å². The molecule has 2 saturated heterocycles. The number of nitrogens with zero attached hydrogens (tertiary/aromatic N) is 2. The van der Waals surface area contributed by atoms with E-state index in [0.29, 0.717) is 60.0 Å². The summed E-state index contributed by atoms with van der Waals surface area (Å²) in [6, 6.07) is 15.3. The molecule has 0 saturated carbocycles. The zero-order valence-electron chi connectivity index (χ0n) is 22.5. The fourth-order valence-corrected chi connectivity index (χ4v) is 5.12. The number of anilines is 4. The summed E-state index contributed by atoms with van der Waals surface area (Å²) in [7, 11) is 0. The van der Waals surface area contributed by atoms with E-state index in [9.17, 15) is 14.0 Å². The first-order valence-electron chi connectivity index (χ1n) is 13.6. The van der Waals surface area contributed by atoms with Crippen molar-refractivity contribution in [3.8, 4) is 5.75 Å². The Kier molecular flexibility index (Phi) is 8.02. The van der Waals surface area contributed by atoms with Crippen molar-refractivity contribution in [2.24, 2.45) is 0 Å². The lowest BCUT2D eigenvalue weighted by Gasteiger charge is -2.24. The fourth-order valence-electron chi connectivity index (χ4n) is 4.94. The van der Waals surface area contributed by atoms with Gasteiger partial charge in [-0.25, -0.2) is 14.4 Å². The van der Waals surface area contributed by atoms with Gasteiger partial charge in [0.1, 0.15) is 35.9 Å². The van der Waals surface area contributed by atoms with Gasteiger partial charge in [0.15, 0.2) is 0 Å². The number of imide groups is 1. The van der Waals surface area contributed by atoms with Gasteiger partial charge in [0.05, 0.1) is 29.4 Å². The number of piperidine rings is 1. The summed E-state index contributed by atoms with van der Waals surface area (Å²) in [6.07, 6.45) is 2.84. The Labute approximate surface area is 246 Å². The highest BCUT2D eigenvalue weighted by molar-refractivity contribution is 6.31. The molecule has 0 radical (unpaired) electrons. The van der Waals surface area contributed by atoms with Crippen LogP contribution in [0.25, 0.3) is 10.9 Å². The lowest BCUT2D eigenvalue weighted by atomic mass is 10.0. The van der Waals surface area contributed by atoms with Crippen LogP contribution in [0.5, 0.6) is 5.75 Å². The average Bonchev–Trinajstić information content (AvgIpc) is 3.49. The number of carbonyl (C=O) groups excluding carboxylic acids is 2. The highest BCUT2D eigenvalue weighted by Crippen LogP contribution is 2.35. The molecule has 1 aromatic heterocycles. The Bertz CT molecular complexity index is 1650. The molecule has 3 heterocycles. The molecule has 3 aromatic carbocycles. The number of ether oxygens (including phenoxy) is 2. The van der Waals surface area contributed by atoms with Crippen LogP contribution in [0.15, 0.2) is 60.9 Å². The molecule has 216 valence electrons. The molecule has 12 heteroatoms. The van der Waals surface area contributed by atoms with Crippen molar-refractivity contribution in [1.29, 1.82) is 0 Å². The van der Waals surface area contributed by atoms with Crippen molar-refractivity contribution >= 4 is 57.2 Å². The number of rotatable bonds is 9. The highest BCUT2D eigenvalue weighted by atomic mass is 35.5. The monoisotopic (exact) mass is 590 g/mol. The number of amides is 2. The normalized spacial score (nSPS) is 18.5. The number of aromatic nitrogens is 2. The molecule has 2 fully saturated rings. The molecular weight excluding hydrogens is 563 g/mol. The number of halogens is 2. The van der Waals surface area contributed by atoms with Crippen LogP contribution in [0, 0.1) is 5.82 Å². The number of hydrogen-bond donors (Lipinski definition) is 4. The lowest BCUT2D eigenvalue weighted by Crippen LogP contribution is -2.47. The van der Waals surface area contributed by atoms with Crippen molar-refractivity contribution < 1.29 is 23.5 Å². The minimum atomic E-state index is -0.508. The molecule has 4 N–H and O–H groups in total. The van der Waals surface area contributed by atoms with E-state index in [-0.39, 0.29) is 29.4 Å². The molecule has 6 rings (SSSR count). The van der Waals surface area contributed by atoms with Crippen molar-refractivity contribution in [2.75, 3.05) is 29.2 Å².